The highest BCUT2D eigenvalue weighted by Crippen LogP contribution is 2.37. The smallest absolute Gasteiger partial charge is 0.291 e. The highest BCUT2D eigenvalue weighted by Gasteiger charge is 2.41. The number of aromatic nitrogens is 4. The highest BCUT2D eigenvalue weighted by molar-refractivity contribution is 7.89. The van der Waals surface area contributed by atoms with E-state index in [1.807, 2.05) is 6.92 Å². The zero-order valence-electron chi connectivity index (χ0n) is 19.9. The van der Waals surface area contributed by atoms with Crippen LogP contribution in [0.2, 0.25) is 0 Å². The van der Waals surface area contributed by atoms with E-state index in [1.165, 1.54) is 6.20 Å². The zero-order valence-corrected chi connectivity index (χ0v) is 21.5. The third-order valence-electron chi connectivity index (χ3n) is 6.00. The molecule has 15 heteroatoms. The lowest BCUT2D eigenvalue weighted by atomic mass is 10.1. The molecule has 0 spiro atoms. The van der Waals surface area contributed by atoms with Crippen molar-refractivity contribution in [1.29, 1.82) is 0 Å². The fourth-order valence-electron chi connectivity index (χ4n) is 4.22. The first-order valence-electron chi connectivity index (χ1n) is 11.2. The van der Waals surface area contributed by atoms with Gasteiger partial charge < -0.3 is 15.3 Å². The van der Waals surface area contributed by atoms with Crippen molar-refractivity contribution in [2.75, 3.05) is 18.0 Å². The van der Waals surface area contributed by atoms with Crippen molar-refractivity contribution < 1.29 is 27.1 Å². The number of pyridine rings is 1. The molecule has 3 N–H and O–H groups in total. The summed E-state index contributed by atoms with van der Waals surface area (Å²) < 4.78 is 57.1. The standard InChI is InChI=1S/C20H25F2N7O2S2.CH2O2/c1-11-8-28(9-12(2)24-11)14-6-13(33(30,31)27-20(3)4-5-20)10-29-15(14)7-23-17(29)19-26-25-18(32-19)16(21)22;2-1-3/h6-7,10-12,16,24,27H,4-5,8-9H2,1-3H3;1H,(H,2,3)/t11-,12-;/m0./s1. The van der Waals surface area contributed by atoms with E-state index in [4.69, 9.17) is 9.90 Å². The van der Waals surface area contributed by atoms with E-state index in [0.29, 0.717) is 18.6 Å². The number of hydrogen-bond acceptors (Lipinski definition) is 9. The number of carboxylic acid groups (broad SMARTS) is 1. The van der Waals surface area contributed by atoms with Crippen LogP contribution in [-0.4, -0.2) is 70.3 Å². The number of carbonyl (C=O) groups is 1. The van der Waals surface area contributed by atoms with Crippen molar-refractivity contribution in [1.82, 2.24) is 29.6 Å². The number of alkyl halides is 2. The van der Waals surface area contributed by atoms with Crippen LogP contribution in [0.1, 0.15) is 45.0 Å². The normalized spacial score (nSPS) is 21.3. The number of nitrogens with zero attached hydrogens (tertiary/aromatic N) is 5. The lowest BCUT2D eigenvalue weighted by Crippen LogP contribution is -2.54. The van der Waals surface area contributed by atoms with Gasteiger partial charge in [-0.1, -0.05) is 11.3 Å². The maximum Gasteiger partial charge on any atom is 0.291 e. The van der Waals surface area contributed by atoms with Gasteiger partial charge in [-0.15, -0.1) is 10.2 Å². The zero-order chi connectivity index (χ0) is 26.3. The number of fused-ring (bicyclic) bond motifs is 1. The molecule has 3 aromatic rings. The number of imidazole rings is 1. The molecule has 1 aliphatic heterocycles. The summed E-state index contributed by atoms with van der Waals surface area (Å²) >= 11 is 0.745. The predicted octanol–water partition coefficient (Wildman–Crippen LogP) is 2.51. The van der Waals surface area contributed by atoms with Crippen molar-refractivity contribution >= 4 is 39.0 Å². The Morgan fingerprint density at radius 3 is 2.47 bits per heavy atom. The van der Waals surface area contributed by atoms with Crippen LogP contribution in [0, 0.1) is 0 Å². The summed E-state index contributed by atoms with van der Waals surface area (Å²) in [4.78, 5) is 15.0. The Kier molecular flexibility index (Phi) is 7.28. The number of hydrogen-bond donors (Lipinski definition) is 3. The quantitative estimate of drug-likeness (QED) is 0.400. The molecule has 0 amide bonds. The molecular weight excluding hydrogens is 516 g/mol. The number of rotatable bonds is 6. The summed E-state index contributed by atoms with van der Waals surface area (Å²) in [5.41, 5.74) is 0.961. The summed E-state index contributed by atoms with van der Waals surface area (Å²) in [5.74, 6) is 0.279. The molecule has 11 nitrogen and oxygen atoms in total. The summed E-state index contributed by atoms with van der Waals surface area (Å²) in [5, 5.41) is 17.6. The minimum atomic E-state index is -3.81. The van der Waals surface area contributed by atoms with Gasteiger partial charge in [-0.3, -0.25) is 9.20 Å². The Bertz CT molecular complexity index is 1350. The SMILES string of the molecule is C[C@H]1CN(c2cc(S(=O)(=O)NC3(C)CC3)cn3c(-c4nnc(C(F)F)s4)ncc23)C[C@H](C)N1.O=CO. The third kappa shape index (κ3) is 5.48. The lowest BCUT2D eigenvalue weighted by Gasteiger charge is -2.38. The largest absolute Gasteiger partial charge is 0.483 e. The van der Waals surface area contributed by atoms with Crippen LogP contribution in [0.3, 0.4) is 0 Å². The molecule has 0 bridgehead atoms. The second-order valence-electron chi connectivity index (χ2n) is 9.29. The topological polar surface area (TPSA) is 142 Å². The van der Waals surface area contributed by atoms with Crippen LogP contribution in [0.4, 0.5) is 14.5 Å². The van der Waals surface area contributed by atoms with Gasteiger partial charge in [-0.2, -0.15) is 0 Å². The predicted molar refractivity (Wildman–Crippen MR) is 130 cm³/mol. The van der Waals surface area contributed by atoms with Crippen LogP contribution in [0.25, 0.3) is 16.3 Å². The van der Waals surface area contributed by atoms with Crippen molar-refractivity contribution in [2.24, 2.45) is 0 Å². The fourth-order valence-corrected chi connectivity index (χ4v) is 6.40. The maximum absolute atomic E-state index is 13.3. The van der Waals surface area contributed by atoms with Gasteiger partial charge in [-0.25, -0.2) is 26.9 Å². The summed E-state index contributed by atoms with van der Waals surface area (Å²) in [6.07, 6.45) is 1.93. The molecule has 2 atom stereocenters. The monoisotopic (exact) mass is 543 g/mol. The molecule has 196 valence electrons. The Morgan fingerprint density at radius 2 is 1.92 bits per heavy atom. The van der Waals surface area contributed by atoms with Gasteiger partial charge in [0.2, 0.25) is 10.0 Å². The molecule has 0 radical (unpaired) electrons. The van der Waals surface area contributed by atoms with E-state index in [-0.39, 0.29) is 34.3 Å². The molecule has 0 aromatic carbocycles. The first-order valence-corrected chi connectivity index (χ1v) is 13.5. The molecule has 1 aliphatic carbocycles. The van der Waals surface area contributed by atoms with Crippen LogP contribution >= 0.6 is 11.3 Å². The van der Waals surface area contributed by atoms with Gasteiger partial charge in [0.15, 0.2) is 15.8 Å². The summed E-state index contributed by atoms with van der Waals surface area (Å²) in [7, 11) is -3.81. The van der Waals surface area contributed by atoms with Crippen LogP contribution < -0.4 is 14.9 Å². The van der Waals surface area contributed by atoms with Gasteiger partial charge in [0, 0.05) is 36.9 Å². The number of nitrogens with one attached hydrogen (secondary N) is 2. The Morgan fingerprint density at radius 1 is 1.28 bits per heavy atom. The first kappa shape index (κ1) is 26.3. The molecular formula is C21H27F2N7O4S2. The van der Waals surface area contributed by atoms with Crippen LogP contribution in [-0.2, 0) is 14.8 Å². The average Bonchev–Trinajstić information content (AvgIpc) is 3.17. The van der Waals surface area contributed by atoms with E-state index in [0.717, 1.165) is 29.9 Å². The second kappa shape index (κ2) is 9.95. The fraction of sp³-hybridized carbons (Fsp3) is 0.524. The van der Waals surface area contributed by atoms with Crippen LogP contribution in [0.5, 0.6) is 0 Å². The van der Waals surface area contributed by atoms with Gasteiger partial charge in [-0.05, 0) is 39.7 Å². The molecule has 36 heavy (non-hydrogen) atoms. The Balaban J connectivity index is 0.000000967. The van der Waals surface area contributed by atoms with Crippen LogP contribution in [0.15, 0.2) is 23.4 Å². The molecule has 2 fully saturated rings. The second-order valence-corrected chi connectivity index (χ2v) is 12.0. The van der Waals surface area contributed by atoms with E-state index < -0.39 is 27.0 Å². The Labute approximate surface area is 210 Å². The third-order valence-corrected chi connectivity index (χ3v) is 8.53. The number of piperazine rings is 1. The summed E-state index contributed by atoms with van der Waals surface area (Å²) in [6.45, 7) is 7.14. The van der Waals surface area contributed by atoms with E-state index in [1.54, 1.807) is 16.7 Å². The molecule has 4 heterocycles. The Hall–Kier alpha value is -2.75. The van der Waals surface area contributed by atoms with Gasteiger partial charge in [0.05, 0.1) is 17.4 Å². The minimum Gasteiger partial charge on any atom is -0.483 e. The van der Waals surface area contributed by atoms with E-state index in [2.05, 4.69) is 44.0 Å². The van der Waals surface area contributed by atoms with Crippen molar-refractivity contribution in [3.05, 3.63) is 23.5 Å². The molecule has 0 unspecified atom stereocenters. The molecule has 1 saturated heterocycles. The average molecular weight is 544 g/mol. The molecule has 1 saturated carbocycles. The van der Waals surface area contributed by atoms with Gasteiger partial charge in [0.1, 0.15) is 4.90 Å². The van der Waals surface area contributed by atoms with Gasteiger partial charge >= 0.3 is 0 Å². The first-order chi connectivity index (χ1) is 17.0. The number of halogens is 2. The van der Waals surface area contributed by atoms with Crippen molar-refractivity contribution in [3.63, 3.8) is 0 Å². The van der Waals surface area contributed by atoms with Crippen molar-refractivity contribution in [3.8, 4) is 10.8 Å². The highest BCUT2D eigenvalue weighted by atomic mass is 32.2. The number of sulfonamides is 1. The summed E-state index contributed by atoms with van der Waals surface area (Å²) in [6, 6.07) is 2.08. The van der Waals surface area contributed by atoms with E-state index >= 15 is 0 Å². The molecule has 3 aromatic heterocycles. The molecule has 5 rings (SSSR count). The van der Waals surface area contributed by atoms with E-state index in [9.17, 15) is 17.2 Å². The van der Waals surface area contributed by atoms with Gasteiger partial charge in [0.25, 0.3) is 12.9 Å². The molecule has 2 aliphatic rings. The number of anilines is 1. The van der Waals surface area contributed by atoms with Crippen molar-refractivity contribution in [2.45, 2.75) is 62.6 Å². The lowest BCUT2D eigenvalue weighted by molar-refractivity contribution is -0.122. The minimum absolute atomic E-state index is 0.0924. The maximum atomic E-state index is 13.3.